The summed E-state index contributed by atoms with van der Waals surface area (Å²) >= 11 is 9.03. The van der Waals surface area contributed by atoms with E-state index in [1.807, 2.05) is 37.3 Å². The van der Waals surface area contributed by atoms with Gasteiger partial charge in [-0.25, -0.2) is 4.39 Å². The summed E-state index contributed by atoms with van der Waals surface area (Å²) in [6, 6.07) is 11.3. The Balaban J connectivity index is 2.56. The van der Waals surface area contributed by atoms with Crippen molar-refractivity contribution in [2.45, 2.75) is 13.0 Å². The van der Waals surface area contributed by atoms with Gasteiger partial charge in [0.05, 0.1) is 10.5 Å². The van der Waals surface area contributed by atoms with E-state index in [1.165, 1.54) is 0 Å². The zero-order chi connectivity index (χ0) is 14.7. The van der Waals surface area contributed by atoms with Gasteiger partial charge in [-0.15, -0.1) is 0 Å². The van der Waals surface area contributed by atoms with Gasteiger partial charge in [-0.05, 0) is 74.9 Å². The number of rotatable bonds is 4. The lowest BCUT2D eigenvalue weighted by molar-refractivity contribution is 0.554. The van der Waals surface area contributed by atoms with Gasteiger partial charge in [0.15, 0.2) is 0 Å². The lowest BCUT2D eigenvalue weighted by Gasteiger charge is -2.21. The van der Waals surface area contributed by atoms with Crippen molar-refractivity contribution < 1.29 is 4.39 Å². The van der Waals surface area contributed by atoms with E-state index in [4.69, 9.17) is 0 Å². The second-order valence-electron chi connectivity index (χ2n) is 4.30. The molecule has 1 nitrogen and oxygen atoms in total. The Labute approximate surface area is 148 Å². The fraction of sp³-hybridized carbons (Fsp3) is 0.200. The molecule has 0 radical (unpaired) electrons. The van der Waals surface area contributed by atoms with E-state index < -0.39 is 0 Å². The second kappa shape index (κ2) is 7.33. The highest BCUT2D eigenvalue weighted by molar-refractivity contribution is 14.1. The smallest absolute Gasteiger partial charge is 0.142 e. The third kappa shape index (κ3) is 3.61. The fourth-order valence-electron chi connectivity index (χ4n) is 2.07. The molecule has 0 aliphatic heterocycles. The number of nitrogens with one attached hydrogen (secondary N) is 1. The second-order valence-corrected chi connectivity index (χ2v) is 7.23. The molecule has 1 atom stereocenters. The summed E-state index contributed by atoms with van der Waals surface area (Å²) < 4.78 is 17.0. The molecule has 1 unspecified atom stereocenters. The first-order valence-electron chi connectivity index (χ1n) is 6.16. The monoisotopic (exact) mass is 511 g/mol. The van der Waals surface area contributed by atoms with Crippen LogP contribution in [0.2, 0.25) is 0 Å². The molecule has 106 valence electrons. The molecule has 0 saturated heterocycles. The first-order valence-corrected chi connectivity index (χ1v) is 8.83. The highest BCUT2D eigenvalue weighted by Crippen LogP contribution is 2.32. The number of hydrogen-bond acceptors (Lipinski definition) is 1. The molecule has 0 spiro atoms. The average molecular weight is 513 g/mol. The summed E-state index contributed by atoms with van der Waals surface area (Å²) in [4.78, 5) is 0. The zero-order valence-electron chi connectivity index (χ0n) is 10.8. The predicted molar refractivity (Wildman–Crippen MR) is 96.5 cm³/mol. The molecule has 0 aliphatic carbocycles. The lowest BCUT2D eigenvalue weighted by atomic mass is 9.98. The Morgan fingerprint density at radius 3 is 2.65 bits per heavy atom. The largest absolute Gasteiger partial charge is 0.306 e. The third-order valence-electron chi connectivity index (χ3n) is 2.97. The summed E-state index contributed by atoms with van der Waals surface area (Å²) in [6.45, 7) is 2.78. The van der Waals surface area contributed by atoms with Gasteiger partial charge >= 0.3 is 0 Å². The van der Waals surface area contributed by atoms with Gasteiger partial charge < -0.3 is 5.32 Å². The topological polar surface area (TPSA) is 12.0 Å². The molecule has 0 heterocycles. The molecule has 2 aromatic rings. The van der Waals surface area contributed by atoms with Crippen LogP contribution < -0.4 is 5.32 Å². The molecular weight excluding hydrogens is 500 g/mol. The van der Waals surface area contributed by atoms with Crippen molar-refractivity contribution in [1.29, 1.82) is 0 Å². The van der Waals surface area contributed by atoms with E-state index >= 15 is 0 Å². The van der Waals surface area contributed by atoms with Crippen LogP contribution in [0.5, 0.6) is 0 Å². The molecule has 20 heavy (non-hydrogen) atoms. The average Bonchev–Trinajstić information content (AvgIpc) is 2.43. The van der Waals surface area contributed by atoms with Crippen molar-refractivity contribution in [3.05, 3.63) is 65.9 Å². The van der Waals surface area contributed by atoms with Gasteiger partial charge in [0.1, 0.15) is 5.82 Å². The highest BCUT2D eigenvalue weighted by atomic mass is 127. The maximum absolute atomic E-state index is 14.4. The van der Waals surface area contributed by atoms with Crippen molar-refractivity contribution in [3.8, 4) is 0 Å². The van der Waals surface area contributed by atoms with Gasteiger partial charge in [-0.3, -0.25) is 0 Å². The van der Waals surface area contributed by atoms with Gasteiger partial charge in [-0.2, -0.15) is 0 Å². The molecule has 0 bridgehead atoms. The van der Waals surface area contributed by atoms with E-state index in [0.717, 1.165) is 20.2 Å². The van der Waals surface area contributed by atoms with E-state index in [2.05, 4.69) is 59.8 Å². The Morgan fingerprint density at radius 1 is 1.20 bits per heavy atom. The summed E-state index contributed by atoms with van der Waals surface area (Å²) in [5.41, 5.74) is 1.72. The van der Waals surface area contributed by atoms with E-state index in [9.17, 15) is 4.39 Å². The van der Waals surface area contributed by atoms with Crippen molar-refractivity contribution in [3.63, 3.8) is 0 Å². The summed E-state index contributed by atoms with van der Waals surface area (Å²) in [7, 11) is 0. The maximum atomic E-state index is 14.4. The molecule has 0 amide bonds. The first-order chi connectivity index (χ1) is 9.54. The lowest BCUT2D eigenvalue weighted by Crippen LogP contribution is -2.24. The highest BCUT2D eigenvalue weighted by Gasteiger charge is 2.20. The molecule has 2 rings (SSSR count). The van der Waals surface area contributed by atoms with E-state index in [-0.39, 0.29) is 11.9 Å². The molecule has 2 aromatic carbocycles. The molecule has 0 aliphatic rings. The SMILES string of the molecule is CCNC(c1cc(Br)ccc1I)c1cccc(Br)c1F. The van der Waals surface area contributed by atoms with Gasteiger partial charge in [0.2, 0.25) is 0 Å². The Bertz CT molecular complexity index is 617. The summed E-state index contributed by atoms with van der Waals surface area (Å²) in [6.07, 6.45) is 0. The molecule has 0 saturated carbocycles. The molecule has 0 aromatic heterocycles. The van der Waals surface area contributed by atoms with E-state index in [1.54, 1.807) is 6.07 Å². The van der Waals surface area contributed by atoms with Crippen LogP contribution in [-0.2, 0) is 0 Å². The third-order valence-corrected chi connectivity index (χ3v) is 5.06. The van der Waals surface area contributed by atoms with Crippen LogP contribution in [-0.4, -0.2) is 6.54 Å². The van der Waals surface area contributed by atoms with Gasteiger partial charge in [-0.1, -0.05) is 35.0 Å². The van der Waals surface area contributed by atoms with Crippen molar-refractivity contribution in [1.82, 2.24) is 5.32 Å². The zero-order valence-corrected chi connectivity index (χ0v) is 16.1. The standard InChI is InChI=1S/C15H13Br2FIN/c1-2-20-15(10-4-3-5-12(17)14(10)18)11-8-9(16)6-7-13(11)19/h3-8,15,20H,2H2,1H3. The van der Waals surface area contributed by atoms with Crippen LogP contribution in [0.25, 0.3) is 0 Å². The minimum absolute atomic E-state index is 0.165. The Kier molecular flexibility index (Phi) is 6.01. The quantitative estimate of drug-likeness (QED) is 0.522. The van der Waals surface area contributed by atoms with Crippen LogP contribution in [0.4, 0.5) is 4.39 Å². The van der Waals surface area contributed by atoms with Crippen LogP contribution in [0.3, 0.4) is 0 Å². The maximum Gasteiger partial charge on any atom is 0.142 e. The van der Waals surface area contributed by atoms with Gasteiger partial charge in [0.25, 0.3) is 0 Å². The van der Waals surface area contributed by atoms with Crippen molar-refractivity contribution in [2.24, 2.45) is 0 Å². The number of halogens is 4. The molecule has 1 N–H and O–H groups in total. The molecule has 0 fully saturated rings. The van der Waals surface area contributed by atoms with Crippen LogP contribution in [0, 0.1) is 9.39 Å². The minimum Gasteiger partial charge on any atom is -0.306 e. The predicted octanol–water partition coefficient (Wildman–Crippen LogP) is 5.65. The fourth-order valence-corrected chi connectivity index (χ4v) is 3.48. The van der Waals surface area contributed by atoms with Crippen LogP contribution >= 0.6 is 54.5 Å². The summed E-state index contributed by atoms with van der Waals surface area (Å²) in [5.74, 6) is -0.214. The van der Waals surface area contributed by atoms with Crippen LogP contribution in [0.1, 0.15) is 24.1 Å². The van der Waals surface area contributed by atoms with Crippen molar-refractivity contribution >= 4 is 54.5 Å². The minimum atomic E-state index is -0.214. The number of hydrogen-bond donors (Lipinski definition) is 1. The molecule has 5 heteroatoms. The summed E-state index contributed by atoms with van der Waals surface area (Å²) in [5, 5.41) is 3.36. The number of benzene rings is 2. The van der Waals surface area contributed by atoms with Crippen LogP contribution in [0.15, 0.2) is 45.3 Å². The van der Waals surface area contributed by atoms with E-state index in [0.29, 0.717) is 10.0 Å². The normalized spacial score (nSPS) is 12.4. The molecular formula is C15H13Br2FIN. The van der Waals surface area contributed by atoms with Crippen molar-refractivity contribution in [2.75, 3.05) is 6.54 Å². The Morgan fingerprint density at radius 2 is 1.95 bits per heavy atom. The van der Waals surface area contributed by atoms with Gasteiger partial charge in [0, 0.05) is 13.6 Å². The Hall–Kier alpha value is 0.0200. The first kappa shape index (κ1) is 16.4.